The van der Waals surface area contributed by atoms with Gasteiger partial charge in [0.1, 0.15) is 5.60 Å². The second-order valence-corrected chi connectivity index (χ2v) is 7.55. The molecule has 1 fully saturated rings. The molecule has 1 heterocycles. The summed E-state index contributed by atoms with van der Waals surface area (Å²) in [6, 6.07) is 1.92. The maximum atomic E-state index is 13.8. The van der Waals surface area contributed by atoms with E-state index in [1.807, 2.05) is 0 Å². The van der Waals surface area contributed by atoms with Gasteiger partial charge in [0.15, 0.2) is 11.6 Å². The van der Waals surface area contributed by atoms with Gasteiger partial charge in [-0.15, -0.1) is 0 Å². The minimum absolute atomic E-state index is 0.214. The van der Waals surface area contributed by atoms with Crippen molar-refractivity contribution in [3.05, 3.63) is 33.8 Å². The molecule has 1 aromatic rings. The molecule has 1 N–H and O–H groups in total. The van der Waals surface area contributed by atoms with Gasteiger partial charge in [0.2, 0.25) is 0 Å². The van der Waals surface area contributed by atoms with E-state index in [1.54, 1.807) is 20.8 Å². The maximum Gasteiger partial charge on any atom is 0.407 e. The van der Waals surface area contributed by atoms with E-state index in [0.29, 0.717) is 13.0 Å². The summed E-state index contributed by atoms with van der Waals surface area (Å²) in [6.07, 6.45) is -0.0511. The number of benzene rings is 1. The third kappa shape index (κ3) is 4.66. The van der Waals surface area contributed by atoms with Crippen molar-refractivity contribution < 1.29 is 23.1 Å². The third-order valence-corrected chi connectivity index (χ3v) is 3.88. The number of amides is 2. The van der Waals surface area contributed by atoms with Crippen LogP contribution in [0.5, 0.6) is 0 Å². The summed E-state index contributed by atoms with van der Waals surface area (Å²) in [6.45, 7) is 5.81. The van der Waals surface area contributed by atoms with Crippen molar-refractivity contribution in [1.82, 2.24) is 10.2 Å². The number of carbonyl (C=O) groups is 2. The molecule has 0 aromatic heterocycles. The van der Waals surface area contributed by atoms with Gasteiger partial charge in [-0.05, 0) is 39.3 Å². The highest BCUT2D eigenvalue weighted by Gasteiger charge is 2.31. The van der Waals surface area contributed by atoms with E-state index < -0.39 is 29.2 Å². The van der Waals surface area contributed by atoms with Crippen molar-refractivity contribution in [1.29, 1.82) is 0 Å². The van der Waals surface area contributed by atoms with Crippen LogP contribution in [0.1, 0.15) is 37.6 Å². The zero-order valence-corrected chi connectivity index (χ0v) is 15.2. The first-order chi connectivity index (χ1) is 11.1. The van der Waals surface area contributed by atoms with Crippen LogP contribution in [0.2, 0.25) is 0 Å². The summed E-state index contributed by atoms with van der Waals surface area (Å²) in [5.41, 5.74) is -0.949. The van der Waals surface area contributed by atoms with Crippen LogP contribution < -0.4 is 5.32 Å². The number of nitrogens with one attached hydrogen (secondary N) is 1. The number of alkyl carbamates (subject to hydrolysis) is 1. The highest BCUT2D eigenvalue weighted by molar-refractivity contribution is 9.10. The monoisotopic (exact) mass is 404 g/mol. The molecule has 1 atom stereocenters. The summed E-state index contributed by atoms with van der Waals surface area (Å²) in [5.74, 6) is -2.87. The van der Waals surface area contributed by atoms with Gasteiger partial charge in [0.05, 0.1) is 11.6 Å². The molecule has 8 heteroatoms. The highest BCUT2D eigenvalue weighted by Crippen LogP contribution is 2.22. The molecule has 1 aliphatic heterocycles. The van der Waals surface area contributed by atoms with Gasteiger partial charge in [0.25, 0.3) is 5.91 Å². The molecule has 0 aliphatic carbocycles. The topological polar surface area (TPSA) is 58.6 Å². The molecule has 1 unspecified atom stereocenters. The Morgan fingerprint density at radius 2 is 2.00 bits per heavy atom. The lowest BCUT2D eigenvalue weighted by Gasteiger charge is -2.22. The fourth-order valence-corrected chi connectivity index (χ4v) is 2.85. The second kappa shape index (κ2) is 7.04. The molecule has 0 bridgehead atoms. The van der Waals surface area contributed by atoms with Crippen LogP contribution in [0.3, 0.4) is 0 Å². The number of hydrogen-bond acceptors (Lipinski definition) is 3. The minimum atomic E-state index is -1.17. The first-order valence-corrected chi connectivity index (χ1v) is 8.29. The molecule has 1 aromatic carbocycles. The van der Waals surface area contributed by atoms with Crippen LogP contribution in [-0.4, -0.2) is 41.6 Å². The Morgan fingerprint density at radius 1 is 1.33 bits per heavy atom. The van der Waals surface area contributed by atoms with Gasteiger partial charge in [-0.1, -0.05) is 15.9 Å². The molecule has 24 heavy (non-hydrogen) atoms. The zero-order chi connectivity index (χ0) is 18.1. The van der Waals surface area contributed by atoms with Crippen LogP contribution in [-0.2, 0) is 4.74 Å². The Bertz CT molecular complexity index is 661. The summed E-state index contributed by atoms with van der Waals surface area (Å²) in [5, 5.41) is 2.68. The molecule has 5 nitrogen and oxygen atoms in total. The molecule has 0 saturated carbocycles. The quantitative estimate of drug-likeness (QED) is 0.767. The lowest BCUT2D eigenvalue weighted by atomic mass is 10.2. The van der Waals surface area contributed by atoms with Gasteiger partial charge < -0.3 is 15.0 Å². The van der Waals surface area contributed by atoms with Gasteiger partial charge in [-0.3, -0.25) is 4.79 Å². The predicted octanol–water partition coefficient (Wildman–Crippen LogP) is 3.47. The third-order valence-electron chi connectivity index (χ3n) is 3.42. The van der Waals surface area contributed by atoms with E-state index in [9.17, 15) is 18.4 Å². The average Bonchev–Trinajstić information content (AvgIpc) is 2.88. The second-order valence-electron chi connectivity index (χ2n) is 6.63. The Balaban J connectivity index is 2.01. The fraction of sp³-hybridized carbons (Fsp3) is 0.500. The Morgan fingerprint density at radius 3 is 2.62 bits per heavy atom. The number of hydrogen-bond donors (Lipinski definition) is 1. The Kier molecular flexibility index (Phi) is 5.47. The summed E-state index contributed by atoms with van der Waals surface area (Å²) >= 11 is 3.05. The predicted molar refractivity (Wildman–Crippen MR) is 87.7 cm³/mol. The SMILES string of the molecule is CC(C)(C)OC(=O)NC1CCN(C(=O)c2cc(Br)cc(F)c2F)C1. The van der Waals surface area contributed by atoms with Crippen LogP contribution in [0.25, 0.3) is 0 Å². The smallest absolute Gasteiger partial charge is 0.407 e. The van der Waals surface area contributed by atoms with E-state index >= 15 is 0 Å². The summed E-state index contributed by atoms with van der Waals surface area (Å²) in [4.78, 5) is 25.5. The first-order valence-electron chi connectivity index (χ1n) is 7.50. The fourth-order valence-electron chi connectivity index (χ4n) is 2.42. The van der Waals surface area contributed by atoms with Crippen molar-refractivity contribution in [3.63, 3.8) is 0 Å². The van der Waals surface area contributed by atoms with Gasteiger partial charge in [-0.2, -0.15) is 0 Å². The number of carbonyl (C=O) groups excluding carboxylic acids is 2. The number of rotatable bonds is 2. The molecule has 1 aliphatic rings. The van der Waals surface area contributed by atoms with Crippen molar-refractivity contribution in [3.8, 4) is 0 Å². The van der Waals surface area contributed by atoms with E-state index in [0.717, 1.165) is 6.07 Å². The lowest BCUT2D eigenvalue weighted by Crippen LogP contribution is -2.41. The summed E-state index contributed by atoms with van der Waals surface area (Å²) in [7, 11) is 0. The molecule has 1 saturated heterocycles. The molecule has 0 radical (unpaired) electrons. The first kappa shape index (κ1) is 18.6. The number of nitrogens with zero attached hydrogens (tertiary/aromatic N) is 1. The average molecular weight is 405 g/mol. The van der Waals surface area contributed by atoms with E-state index in [-0.39, 0.29) is 22.6 Å². The van der Waals surface area contributed by atoms with Crippen molar-refractivity contribution >= 4 is 27.9 Å². The molecular formula is C16H19BrF2N2O3. The van der Waals surface area contributed by atoms with Crippen LogP contribution in [0.4, 0.5) is 13.6 Å². The van der Waals surface area contributed by atoms with Crippen molar-refractivity contribution in [2.75, 3.05) is 13.1 Å². The molecule has 2 rings (SSSR count). The van der Waals surface area contributed by atoms with Gasteiger partial charge in [-0.25, -0.2) is 13.6 Å². The molecule has 132 valence electrons. The molecule has 2 amide bonds. The Labute approximate surface area is 147 Å². The van der Waals surface area contributed by atoms with Crippen LogP contribution >= 0.6 is 15.9 Å². The van der Waals surface area contributed by atoms with Gasteiger partial charge >= 0.3 is 6.09 Å². The van der Waals surface area contributed by atoms with Crippen LogP contribution in [0, 0.1) is 11.6 Å². The summed E-state index contributed by atoms with van der Waals surface area (Å²) < 4.78 is 32.7. The highest BCUT2D eigenvalue weighted by atomic mass is 79.9. The molecule has 0 spiro atoms. The zero-order valence-electron chi connectivity index (χ0n) is 13.7. The minimum Gasteiger partial charge on any atom is -0.444 e. The number of halogens is 3. The maximum absolute atomic E-state index is 13.8. The van der Waals surface area contributed by atoms with Crippen LogP contribution in [0.15, 0.2) is 16.6 Å². The van der Waals surface area contributed by atoms with E-state index in [4.69, 9.17) is 4.74 Å². The normalized spacial score (nSPS) is 17.8. The van der Waals surface area contributed by atoms with Crippen molar-refractivity contribution in [2.24, 2.45) is 0 Å². The largest absolute Gasteiger partial charge is 0.444 e. The van der Waals surface area contributed by atoms with Crippen molar-refractivity contribution in [2.45, 2.75) is 38.8 Å². The Hall–Kier alpha value is -1.70. The number of likely N-dealkylation sites (tertiary alicyclic amines) is 1. The van der Waals surface area contributed by atoms with E-state index in [2.05, 4.69) is 21.2 Å². The lowest BCUT2D eigenvalue weighted by molar-refractivity contribution is 0.0502. The standard InChI is InChI=1S/C16H19BrF2N2O3/c1-16(2,3)24-15(23)20-10-4-5-21(8-10)14(22)11-6-9(17)7-12(18)13(11)19/h6-7,10H,4-5,8H2,1-3H3,(H,20,23). The van der Waals surface area contributed by atoms with Gasteiger partial charge in [0, 0.05) is 17.6 Å². The van der Waals surface area contributed by atoms with E-state index in [1.165, 1.54) is 11.0 Å². The number of ether oxygens (including phenoxy) is 1. The molecular weight excluding hydrogens is 386 g/mol.